The molecule has 0 bridgehead atoms. The third kappa shape index (κ3) is 4.05. The van der Waals surface area contributed by atoms with Crippen molar-refractivity contribution in [3.63, 3.8) is 0 Å². The Balaban J connectivity index is 1.60. The number of amides is 1. The van der Waals surface area contributed by atoms with Gasteiger partial charge in [0.2, 0.25) is 5.91 Å². The Morgan fingerprint density at radius 3 is 2.78 bits per heavy atom. The summed E-state index contributed by atoms with van der Waals surface area (Å²) in [5.41, 5.74) is 2.01. The first kappa shape index (κ1) is 15.9. The molecule has 1 amide bonds. The monoisotopic (exact) mass is 330 g/mol. The number of para-hydroxylation sites is 1. The first-order valence-electron chi connectivity index (χ1n) is 7.63. The zero-order valence-electron chi connectivity index (χ0n) is 13.0. The zero-order valence-corrected chi connectivity index (χ0v) is 13.8. The number of carbonyl (C=O) groups is 1. The summed E-state index contributed by atoms with van der Waals surface area (Å²) in [6.45, 7) is 3.78. The molecule has 0 radical (unpaired) electrons. The highest BCUT2D eigenvalue weighted by molar-refractivity contribution is 8.00. The standard InChI is InChI=1S/C18H19FN2OS/c1-13-11-21(16-4-2-3-5-17(16)23-13)12-18(22)20-10-14-6-8-15(19)9-7-14/h2-9,13H,10-12H2,1H3,(H,20,22). The number of fused-ring (bicyclic) bond motifs is 1. The van der Waals surface area contributed by atoms with Crippen molar-refractivity contribution < 1.29 is 9.18 Å². The van der Waals surface area contributed by atoms with Gasteiger partial charge in [-0.15, -0.1) is 11.8 Å². The maximum Gasteiger partial charge on any atom is 0.239 e. The Hall–Kier alpha value is -2.01. The van der Waals surface area contributed by atoms with Crippen LogP contribution in [0.3, 0.4) is 0 Å². The molecule has 3 nitrogen and oxygen atoms in total. The number of thioether (sulfide) groups is 1. The average Bonchev–Trinajstić information content (AvgIpc) is 2.54. The highest BCUT2D eigenvalue weighted by Crippen LogP contribution is 2.37. The molecule has 0 spiro atoms. The van der Waals surface area contributed by atoms with E-state index in [1.54, 1.807) is 12.1 Å². The largest absolute Gasteiger partial charge is 0.360 e. The molecule has 3 rings (SSSR count). The van der Waals surface area contributed by atoms with Gasteiger partial charge in [-0.1, -0.05) is 31.2 Å². The summed E-state index contributed by atoms with van der Waals surface area (Å²) in [7, 11) is 0. The number of anilines is 1. The molecule has 23 heavy (non-hydrogen) atoms. The van der Waals surface area contributed by atoms with E-state index in [0.717, 1.165) is 17.8 Å². The molecule has 1 N–H and O–H groups in total. The molecule has 1 unspecified atom stereocenters. The van der Waals surface area contributed by atoms with E-state index in [4.69, 9.17) is 0 Å². The van der Waals surface area contributed by atoms with Crippen LogP contribution in [0.5, 0.6) is 0 Å². The molecule has 0 fully saturated rings. The van der Waals surface area contributed by atoms with Gasteiger partial charge in [0, 0.05) is 23.2 Å². The Morgan fingerprint density at radius 1 is 1.26 bits per heavy atom. The van der Waals surface area contributed by atoms with Gasteiger partial charge in [-0.2, -0.15) is 0 Å². The summed E-state index contributed by atoms with van der Waals surface area (Å²) in [5.74, 6) is -0.292. The molecule has 0 aliphatic carbocycles. The van der Waals surface area contributed by atoms with Crippen molar-refractivity contribution in [2.24, 2.45) is 0 Å². The molecule has 1 aliphatic heterocycles. The molecule has 5 heteroatoms. The van der Waals surface area contributed by atoms with Crippen molar-refractivity contribution in [1.29, 1.82) is 0 Å². The molecule has 0 aromatic heterocycles. The first-order valence-corrected chi connectivity index (χ1v) is 8.51. The Kier molecular flexibility index (Phi) is 4.86. The van der Waals surface area contributed by atoms with Crippen molar-refractivity contribution in [1.82, 2.24) is 5.32 Å². The number of hydrogen-bond acceptors (Lipinski definition) is 3. The van der Waals surface area contributed by atoms with E-state index in [9.17, 15) is 9.18 Å². The fourth-order valence-electron chi connectivity index (χ4n) is 2.66. The van der Waals surface area contributed by atoms with Gasteiger partial charge in [-0.25, -0.2) is 4.39 Å². The lowest BCUT2D eigenvalue weighted by Gasteiger charge is -2.33. The molecule has 2 aromatic rings. The Labute approximate surface area is 139 Å². The molecule has 0 saturated heterocycles. The van der Waals surface area contributed by atoms with Gasteiger partial charge in [-0.05, 0) is 29.8 Å². The predicted octanol–water partition coefficient (Wildman–Crippen LogP) is 3.44. The topological polar surface area (TPSA) is 32.3 Å². The summed E-state index contributed by atoms with van der Waals surface area (Å²) < 4.78 is 12.9. The lowest BCUT2D eigenvalue weighted by atomic mass is 10.2. The number of carbonyl (C=O) groups excluding carboxylic acids is 1. The fourth-order valence-corrected chi connectivity index (χ4v) is 3.83. The van der Waals surface area contributed by atoms with E-state index >= 15 is 0 Å². The number of nitrogens with one attached hydrogen (secondary N) is 1. The van der Waals surface area contributed by atoms with Gasteiger partial charge in [-0.3, -0.25) is 4.79 Å². The molecular weight excluding hydrogens is 311 g/mol. The number of nitrogens with zero attached hydrogens (tertiary/aromatic N) is 1. The van der Waals surface area contributed by atoms with E-state index in [1.165, 1.54) is 17.0 Å². The third-order valence-corrected chi connectivity index (χ3v) is 4.90. The third-order valence-electron chi connectivity index (χ3n) is 3.75. The van der Waals surface area contributed by atoms with E-state index in [-0.39, 0.29) is 11.7 Å². The van der Waals surface area contributed by atoms with E-state index in [0.29, 0.717) is 18.3 Å². The number of benzene rings is 2. The second kappa shape index (κ2) is 7.04. The van der Waals surface area contributed by atoms with Crippen LogP contribution >= 0.6 is 11.8 Å². The van der Waals surface area contributed by atoms with Gasteiger partial charge in [0.25, 0.3) is 0 Å². The molecular formula is C18H19FN2OS. The maximum atomic E-state index is 12.9. The summed E-state index contributed by atoms with van der Waals surface area (Å²) >= 11 is 1.85. The van der Waals surface area contributed by atoms with Crippen LogP contribution in [-0.2, 0) is 11.3 Å². The van der Waals surface area contributed by atoms with Gasteiger partial charge < -0.3 is 10.2 Å². The van der Waals surface area contributed by atoms with E-state index in [1.807, 2.05) is 23.9 Å². The minimum atomic E-state index is -0.267. The minimum absolute atomic E-state index is 0.0248. The van der Waals surface area contributed by atoms with Gasteiger partial charge in [0.1, 0.15) is 5.82 Å². The summed E-state index contributed by atoms with van der Waals surface area (Å²) in [5, 5.41) is 3.36. The molecule has 2 aromatic carbocycles. The second-order valence-corrected chi connectivity index (χ2v) is 7.16. The van der Waals surface area contributed by atoms with Crippen molar-refractivity contribution in [3.05, 3.63) is 59.9 Å². The molecule has 1 heterocycles. The van der Waals surface area contributed by atoms with Crippen LogP contribution in [0, 0.1) is 5.82 Å². The van der Waals surface area contributed by atoms with Crippen molar-refractivity contribution in [3.8, 4) is 0 Å². The minimum Gasteiger partial charge on any atom is -0.360 e. The fraction of sp³-hybridized carbons (Fsp3) is 0.278. The molecule has 1 atom stereocenters. The molecule has 1 aliphatic rings. The van der Waals surface area contributed by atoms with Crippen molar-refractivity contribution in [2.45, 2.75) is 23.6 Å². The Bertz CT molecular complexity index is 690. The zero-order chi connectivity index (χ0) is 16.2. The van der Waals surface area contributed by atoms with E-state index in [2.05, 4.69) is 29.3 Å². The van der Waals surface area contributed by atoms with Crippen LogP contribution in [0.2, 0.25) is 0 Å². The maximum absolute atomic E-state index is 12.9. The second-order valence-electron chi connectivity index (χ2n) is 5.68. The molecule has 0 saturated carbocycles. The van der Waals surface area contributed by atoms with Gasteiger partial charge in [0.05, 0.1) is 12.2 Å². The van der Waals surface area contributed by atoms with Crippen molar-refractivity contribution >= 4 is 23.4 Å². The quantitative estimate of drug-likeness (QED) is 0.932. The van der Waals surface area contributed by atoms with Gasteiger partial charge >= 0.3 is 0 Å². The summed E-state index contributed by atoms with van der Waals surface area (Å²) in [6, 6.07) is 14.4. The van der Waals surface area contributed by atoms with Crippen LogP contribution in [-0.4, -0.2) is 24.2 Å². The first-order chi connectivity index (χ1) is 11.1. The SMILES string of the molecule is CC1CN(CC(=O)NCc2ccc(F)cc2)c2ccccc2S1. The van der Waals surface area contributed by atoms with E-state index < -0.39 is 0 Å². The number of hydrogen-bond donors (Lipinski definition) is 1. The summed E-state index contributed by atoms with van der Waals surface area (Å²) in [4.78, 5) is 15.6. The van der Waals surface area contributed by atoms with Crippen LogP contribution in [0.1, 0.15) is 12.5 Å². The predicted molar refractivity (Wildman–Crippen MR) is 92.2 cm³/mol. The highest BCUT2D eigenvalue weighted by atomic mass is 32.2. The van der Waals surface area contributed by atoms with Crippen LogP contribution < -0.4 is 10.2 Å². The summed E-state index contributed by atoms with van der Waals surface area (Å²) in [6.07, 6.45) is 0. The Morgan fingerprint density at radius 2 is 2.00 bits per heavy atom. The number of rotatable bonds is 4. The average molecular weight is 330 g/mol. The highest BCUT2D eigenvalue weighted by Gasteiger charge is 2.23. The van der Waals surface area contributed by atoms with Crippen LogP contribution in [0.4, 0.5) is 10.1 Å². The smallest absolute Gasteiger partial charge is 0.239 e. The van der Waals surface area contributed by atoms with Crippen molar-refractivity contribution in [2.75, 3.05) is 18.0 Å². The number of halogens is 1. The lowest BCUT2D eigenvalue weighted by Crippen LogP contribution is -2.41. The normalized spacial score (nSPS) is 16.8. The van der Waals surface area contributed by atoms with Gasteiger partial charge in [0.15, 0.2) is 0 Å². The van der Waals surface area contributed by atoms with Crippen LogP contribution in [0.25, 0.3) is 0 Å². The van der Waals surface area contributed by atoms with Crippen LogP contribution in [0.15, 0.2) is 53.4 Å². The molecule has 120 valence electrons. The lowest BCUT2D eigenvalue weighted by molar-refractivity contribution is -0.119.